The number of ketones is 1. The maximum absolute atomic E-state index is 15.2. The van der Waals surface area contributed by atoms with Gasteiger partial charge in [0.25, 0.3) is 5.91 Å². The molecule has 1 aromatic heterocycles. The highest BCUT2D eigenvalue weighted by Crippen LogP contribution is 2.41. The third-order valence-corrected chi connectivity index (χ3v) is 7.47. The first kappa shape index (κ1) is 22.7. The monoisotopic (exact) mass is 486 g/mol. The van der Waals surface area contributed by atoms with Gasteiger partial charge in [0.05, 0.1) is 12.0 Å². The van der Waals surface area contributed by atoms with Crippen LogP contribution in [0.4, 0.5) is 10.2 Å². The fraction of sp³-hybridized carbons (Fsp3) is 0.321. The number of pyridine rings is 1. The highest BCUT2D eigenvalue weighted by atomic mass is 19.1. The lowest BCUT2D eigenvalue weighted by molar-refractivity contribution is 0.0187. The molecular formula is C28H27FN4O3. The Hall–Kier alpha value is -3.78. The van der Waals surface area contributed by atoms with Crippen LogP contribution in [0.15, 0.2) is 42.5 Å². The normalized spacial score (nSPS) is 18.2. The van der Waals surface area contributed by atoms with Crippen LogP contribution in [0.5, 0.6) is 5.75 Å². The van der Waals surface area contributed by atoms with E-state index in [9.17, 15) is 9.59 Å². The number of rotatable bonds is 3. The van der Waals surface area contributed by atoms with Gasteiger partial charge in [0, 0.05) is 43.1 Å². The Bertz CT molecular complexity index is 1400. The van der Waals surface area contributed by atoms with Crippen molar-refractivity contribution in [3.63, 3.8) is 0 Å². The maximum Gasteiger partial charge on any atom is 0.251 e. The minimum Gasteiger partial charge on any atom is -0.486 e. The molecule has 1 spiro atoms. The molecular weight excluding hydrogens is 459 g/mol. The van der Waals surface area contributed by atoms with Gasteiger partial charge in [-0.25, -0.2) is 4.98 Å². The molecule has 3 aliphatic heterocycles. The summed E-state index contributed by atoms with van der Waals surface area (Å²) in [5, 5.41) is 9.15. The Morgan fingerprint density at radius 2 is 1.72 bits per heavy atom. The van der Waals surface area contributed by atoms with Crippen molar-refractivity contribution in [1.29, 1.82) is 0 Å². The molecule has 0 saturated carbocycles. The Kier molecular flexibility index (Phi) is 5.48. The summed E-state index contributed by atoms with van der Waals surface area (Å²) in [6.07, 6.45) is 2.64. The number of Topliss-reactive ketones (excluding diaryl/α,β-unsaturated/α-hetero) is 1. The third-order valence-electron chi connectivity index (χ3n) is 7.47. The molecule has 4 heterocycles. The summed E-state index contributed by atoms with van der Waals surface area (Å²) < 4.78 is 21.6. The number of hydrogen-bond donors (Lipinski definition) is 3. The molecule has 8 heteroatoms. The van der Waals surface area contributed by atoms with Crippen LogP contribution in [0.2, 0.25) is 0 Å². The van der Waals surface area contributed by atoms with E-state index < -0.39 is 11.5 Å². The minimum absolute atomic E-state index is 0.0217. The zero-order valence-corrected chi connectivity index (χ0v) is 20.0. The van der Waals surface area contributed by atoms with Gasteiger partial charge in [-0.1, -0.05) is 18.2 Å². The van der Waals surface area contributed by atoms with Crippen molar-refractivity contribution in [2.75, 3.05) is 32.0 Å². The summed E-state index contributed by atoms with van der Waals surface area (Å²) in [6.45, 7) is 2.24. The highest BCUT2D eigenvalue weighted by molar-refractivity contribution is 6.02. The lowest BCUT2D eigenvalue weighted by Crippen LogP contribution is -2.49. The predicted molar refractivity (Wildman–Crippen MR) is 135 cm³/mol. The Morgan fingerprint density at radius 3 is 2.53 bits per heavy atom. The molecule has 0 unspecified atom stereocenters. The molecule has 6 rings (SSSR count). The summed E-state index contributed by atoms with van der Waals surface area (Å²) in [4.78, 5) is 29.5. The van der Waals surface area contributed by atoms with Gasteiger partial charge in [-0.3, -0.25) is 9.59 Å². The van der Waals surface area contributed by atoms with Crippen LogP contribution in [0.25, 0.3) is 22.3 Å². The average Bonchev–Trinajstić information content (AvgIpc) is 2.89. The van der Waals surface area contributed by atoms with Crippen LogP contribution in [0.3, 0.4) is 0 Å². The molecule has 2 aromatic carbocycles. The van der Waals surface area contributed by atoms with Crippen LogP contribution in [-0.2, 0) is 6.42 Å². The van der Waals surface area contributed by atoms with Crippen molar-refractivity contribution in [3.8, 4) is 28.0 Å². The first-order valence-electron chi connectivity index (χ1n) is 12.3. The number of carbonyl (C=O) groups excluding carboxylic acids is 2. The van der Waals surface area contributed by atoms with E-state index in [1.807, 2.05) is 12.1 Å². The number of aromatic nitrogens is 1. The topological polar surface area (TPSA) is 92.3 Å². The van der Waals surface area contributed by atoms with Gasteiger partial charge in [-0.05, 0) is 60.5 Å². The minimum atomic E-state index is -0.626. The summed E-state index contributed by atoms with van der Waals surface area (Å²) in [6, 6.07) is 12.6. The molecule has 0 atom stereocenters. The molecule has 0 radical (unpaired) electrons. The van der Waals surface area contributed by atoms with Crippen molar-refractivity contribution in [1.82, 2.24) is 15.6 Å². The first-order valence-corrected chi connectivity index (χ1v) is 12.3. The number of nitrogens with zero attached hydrogens (tertiary/aromatic N) is 1. The van der Waals surface area contributed by atoms with E-state index in [1.54, 1.807) is 37.4 Å². The number of amides is 1. The number of nitrogens with one attached hydrogen (secondary N) is 3. The number of anilines is 1. The molecule has 1 fully saturated rings. The van der Waals surface area contributed by atoms with Crippen molar-refractivity contribution >= 4 is 17.5 Å². The maximum atomic E-state index is 15.2. The standard InChI is InChI=1S/C28H27FN4O3/c1-30-26-21(16-2-4-19-18(12-16)6-9-32-27(19)35)14-20(25(29)33-26)17-3-5-24-22(13-17)23(34)15-28(36-24)7-10-31-11-8-28/h2-5,12-14,31H,6-11,15H2,1H3,(H,30,33)(H,32,35). The highest BCUT2D eigenvalue weighted by Gasteiger charge is 2.41. The SMILES string of the molecule is CNc1nc(F)c(-c2ccc3c(c2)C(=O)CC2(CCNCC2)O3)cc1-c1ccc2c(c1)CCNC2=O. The van der Waals surface area contributed by atoms with Crippen LogP contribution < -0.4 is 20.7 Å². The molecule has 3 N–H and O–H groups in total. The number of halogens is 1. The average molecular weight is 487 g/mol. The van der Waals surface area contributed by atoms with E-state index in [4.69, 9.17) is 4.74 Å². The van der Waals surface area contributed by atoms with Gasteiger partial charge in [0.15, 0.2) is 5.78 Å². The predicted octanol–water partition coefficient (Wildman–Crippen LogP) is 3.97. The van der Waals surface area contributed by atoms with Crippen LogP contribution in [-0.4, -0.2) is 49.0 Å². The Morgan fingerprint density at radius 1 is 0.944 bits per heavy atom. The zero-order chi connectivity index (χ0) is 24.9. The largest absolute Gasteiger partial charge is 0.486 e. The zero-order valence-electron chi connectivity index (χ0n) is 20.0. The number of fused-ring (bicyclic) bond motifs is 2. The van der Waals surface area contributed by atoms with E-state index in [0.717, 1.165) is 49.0 Å². The van der Waals surface area contributed by atoms with Gasteiger partial charge in [-0.15, -0.1) is 0 Å². The number of ether oxygens (including phenoxy) is 1. The van der Waals surface area contributed by atoms with E-state index in [0.29, 0.717) is 46.8 Å². The summed E-state index contributed by atoms with van der Waals surface area (Å²) >= 11 is 0. The van der Waals surface area contributed by atoms with Gasteiger partial charge >= 0.3 is 0 Å². The van der Waals surface area contributed by atoms with Gasteiger partial charge in [0.1, 0.15) is 17.2 Å². The van der Waals surface area contributed by atoms with Gasteiger partial charge < -0.3 is 20.7 Å². The lowest BCUT2D eigenvalue weighted by atomic mass is 9.82. The number of benzene rings is 2. The lowest BCUT2D eigenvalue weighted by Gasteiger charge is -2.41. The van der Waals surface area contributed by atoms with Gasteiger partial charge in [0.2, 0.25) is 5.95 Å². The van der Waals surface area contributed by atoms with Crippen LogP contribution in [0.1, 0.15) is 45.5 Å². The second-order valence-electron chi connectivity index (χ2n) is 9.70. The molecule has 0 bridgehead atoms. The summed E-state index contributed by atoms with van der Waals surface area (Å²) in [5.41, 5.74) is 4.07. The second-order valence-corrected chi connectivity index (χ2v) is 9.70. The number of piperidine rings is 1. The number of carbonyl (C=O) groups is 2. The molecule has 1 amide bonds. The molecule has 3 aliphatic rings. The van der Waals surface area contributed by atoms with E-state index in [-0.39, 0.29) is 11.7 Å². The summed E-state index contributed by atoms with van der Waals surface area (Å²) in [7, 11) is 1.70. The van der Waals surface area contributed by atoms with Gasteiger partial charge in [-0.2, -0.15) is 4.39 Å². The second kappa shape index (κ2) is 8.71. The van der Waals surface area contributed by atoms with E-state index in [1.165, 1.54) is 0 Å². The van der Waals surface area contributed by atoms with Crippen molar-refractivity contribution in [2.45, 2.75) is 31.3 Å². The number of hydrogen-bond acceptors (Lipinski definition) is 6. The van der Waals surface area contributed by atoms with E-state index in [2.05, 4.69) is 20.9 Å². The molecule has 3 aromatic rings. The van der Waals surface area contributed by atoms with Crippen molar-refractivity contribution in [3.05, 3.63) is 65.1 Å². The van der Waals surface area contributed by atoms with Crippen molar-refractivity contribution in [2.24, 2.45) is 0 Å². The van der Waals surface area contributed by atoms with E-state index >= 15 is 4.39 Å². The van der Waals surface area contributed by atoms with Crippen LogP contribution in [0, 0.1) is 5.95 Å². The molecule has 184 valence electrons. The molecule has 7 nitrogen and oxygen atoms in total. The fourth-order valence-corrected chi connectivity index (χ4v) is 5.52. The quantitative estimate of drug-likeness (QED) is 0.486. The first-order chi connectivity index (χ1) is 17.5. The smallest absolute Gasteiger partial charge is 0.251 e. The molecule has 1 saturated heterocycles. The third kappa shape index (κ3) is 3.82. The Balaban J connectivity index is 1.40. The van der Waals surface area contributed by atoms with Crippen molar-refractivity contribution < 1.29 is 18.7 Å². The summed E-state index contributed by atoms with van der Waals surface area (Å²) in [5.74, 6) is 0.279. The molecule has 0 aliphatic carbocycles. The van der Waals surface area contributed by atoms with Crippen LogP contribution >= 0.6 is 0 Å². The molecule has 36 heavy (non-hydrogen) atoms. The fourth-order valence-electron chi connectivity index (χ4n) is 5.52. The Labute approximate surface area is 208 Å².